The standard InChI is InChI=1S/C17H22N2O6/c1-24-13-8-4-5-9-14(13)25-10-15(20)18-19-16(21)11-6-2-3-7-12(11)17(22)23/h4-5,8-9,11-12H,2-3,6-7,10H2,1H3,(H,18,20)(H,19,21)(H,22,23)/p-1/t11-,12+/m0/s1. The van der Waals surface area contributed by atoms with Crippen LogP contribution in [0.1, 0.15) is 25.7 Å². The fourth-order valence-electron chi connectivity index (χ4n) is 2.87. The number of amides is 2. The maximum atomic E-state index is 12.1. The van der Waals surface area contributed by atoms with E-state index in [0.29, 0.717) is 24.3 Å². The van der Waals surface area contributed by atoms with E-state index < -0.39 is 29.6 Å². The summed E-state index contributed by atoms with van der Waals surface area (Å²) in [6.07, 6.45) is 2.39. The molecule has 2 amide bonds. The first kappa shape index (κ1) is 18.6. The molecule has 0 aromatic heterocycles. The summed E-state index contributed by atoms with van der Waals surface area (Å²) in [6.45, 7) is -0.324. The molecule has 25 heavy (non-hydrogen) atoms. The molecule has 136 valence electrons. The second kappa shape index (κ2) is 8.91. The Kier molecular flexibility index (Phi) is 6.62. The van der Waals surface area contributed by atoms with Crippen molar-refractivity contribution in [2.24, 2.45) is 11.8 Å². The lowest BCUT2D eigenvalue weighted by atomic mass is 9.79. The molecule has 8 nitrogen and oxygen atoms in total. The third-order valence-electron chi connectivity index (χ3n) is 4.16. The number of ether oxygens (including phenoxy) is 2. The zero-order valence-corrected chi connectivity index (χ0v) is 13.9. The third-order valence-corrected chi connectivity index (χ3v) is 4.16. The van der Waals surface area contributed by atoms with Gasteiger partial charge in [-0.3, -0.25) is 20.4 Å². The fraction of sp³-hybridized carbons (Fsp3) is 0.471. The summed E-state index contributed by atoms with van der Waals surface area (Å²) < 4.78 is 10.4. The molecule has 0 unspecified atom stereocenters. The molecule has 0 bridgehead atoms. The largest absolute Gasteiger partial charge is 0.550 e. The van der Waals surface area contributed by atoms with E-state index in [1.807, 2.05) is 0 Å². The highest BCUT2D eigenvalue weighted by Gasteiger charge is 2.31. The Morgan fingerprint density at radius 1 is 1.08 bits per heavy atom. The van der Waals surface area contributed by atoms with E-state index >= 15 is 0 Å². The van der Waals surface area contributed by atoms with Gasteiger partial charge in [0, 0.05) is 17.8 Å². The van der Waals surface area contributed by atoms with Crippen molar-refractivity contribution < 1.29 is 29.0 Å². The Balaban J connectivity index is 1.81. The third kappa shape index (κ3) is 5.10. The molecule has 8 heteroatoms. The van der Waals surface area contributed by atoms with Gasteiger partial charge in [-0.25, -0.2) is 0 Å². The summed E-state index contributed by atoms with van der Waals surface area (Å²) >= 11 is 0. The van der Waals surface area contributed by atoms with Crippen LogP contribution in [0.15, 0.2) is 24.3 Å². The van der Waals surface area contributed by atoms with Gasteiger partial charge in [0.15, 0.2) is 18.1 Å². The van der Waals surface area contributed by atoms with Crippen molar-refractivity contribution in [3.8, 4) is 11.5 Å². The van der Waals surface area contributed by atoms with Crippen LogP contribution in [0.25, 0.3) is 0 Å². The number of nitrogens with one attached hydrogen (secondary N) is 2. The summed E-state index contributed by atoms with van der Waals surface area (Å²) in [5.74, 6) is -2.97. The average molecular weight is 349 g/mol. The van der Waals surface area contributed by atoms with Crippen LogP contribution in [-0.4, -0.2) is 31.5 Å². The van der Waals surface area contributed by atoms with Crippen LogP contribution >= 0.6 is 0 Å². The quantitative estimate of drug-likeness (QED) is 0.686. The van der Waals surface area contributed by atoms with E-state index in [2.05, 4.69) is 10.9 Å². The molecule has 0 radical (unpaired) electrons. The van der Waals surface area contributed by atoms with Crippen LogP contribution in [0.5, 0.6) is 11.5 Å². The number of hydrogen-bond donors (Lipinski definition) is 2. The maximum absolute atomic E-state index is 12.1. The fourth-order valence-corrected chi connectivity index (χ4v) is 2.87. The van der Waals surface area contributed by atoms with E-state index in [4.69, 9.17) is 9.47 Å². The van der Waals surface area contributed by atoms with Crippen LogP contribution in [0.4, 0.5) is 0 Å². The Hall–Kier alpha value is -2.77. The van der Waals surface area contributed by atoms with Crippen LogP contribution < -0.4 is 25.4 Å². The van der Waals surface area contributed by atoms with E-state index in [1.54, 1.807) is 24.3 Å². The number of carboxylic acid groups (broad SMARTS) is 1. The lowest BCUT2D eigenvalue weighted by molar-refractivity contribution is -0.314. The van der Waals surface area contributed by atoms with Gasteiger partial charge < -0.3 is 19.4 Å². The number of benzene rings is 1. The summed E-state index contributed by atoms with van der Waals surface area (Å²) in [4.78, 5) is 35.0. The summed E-state index contributed by atoms with van der Waals surface area (Å²) in [7, 11) is 1.49. The summed E-state index contributed by atoms with van der Waals surface area (Å²) in [5.41, 5.74) is 4.49. The minimum atomic E-state index is -1.23. The number of carbonyl (C=O) groups excluding carboxylic acids is 3. The van der Waals surface area contributed by atoms with Gasteiger partial charge in [0.2, 0.25) is 5.91 Å². The number of hydrogen-bond acceptors (Lipinski definition) is 6. The molecule has 1 fully saturated rings. The molecule has 1 aromatic rings. The average Bonchev–Trinajstić information content (AvgIpc) is 2.64. The van der Waals surface area contributed by atoms with Crippen molar-refractivity contribution in [2.75, 3.05) is 13.7 Å². The highest BCUT2D eigenvalue weighted by atomic mass is 16.5. The van der Waals surface area contributed by atoms with Gasteiger partial charge in [0.1, 0.15) is 0 Å². The number of hydrazine groups is 1. The van der Waals surface area contributed by atoms with Gasteiger partial charge in [-0.1, -0.05) is 25.0 Å². The van der Waals surface area contributed by atoms with Crippen LogP contribution in [0.3, 0.4) is 0 Å². The minimum absolute atomic E-state index is 0.324. The predicted molar refractivity (Wildman–Crippen MR) is 85.2 cm³/mol. The van der Waals surface area contributed by atoms with Gasteiger partial charge in [-0.15, -0.1) is 0 Å². The van der Waals surface area contributed by atoms with Crippen molar-refractivity contribution in [3.05, 3.63) is 24.3 Å². The molecule has 1 aliphatic carbocycles. The van der Waals surface area contributed by atoms with Crippen LogP contribution in [0, 0.1) is 11.8 Å². The van der Waals surface area contributed by atoms with Crippen molar-refractivity contribution in [1.29, 1.82) is 0 Å². The number of aliphatic carboxylic acids is 1. The highest BCUT2D eigenvalue weighted by Crippen LogP contribution is 2.29. The molecule has 2 rings (SSSR count). The van der Waals surface area contributed by atoms with Crippen molar-refractivity contribution in [1.82, 2.24) is 10.9 Å². The molecule has 2 atom stereocenters. The minimum Gasteiger partial charge on any atom is -0.550 e. The normalized spacial score (nSPS) is 19.6. The molecule has 1 aliphatic rings. The Morgan fingerprint density at radius 2 is 1.72 bits per heavy atom. The van der Waals surface area contributed by atoms with Gasteiger partial charge in [-0.2, -0.15) is 0 Å². The Labute approximate surface area is 145 Å². The Bertz CT molecular complexity index is 633. The molecule has 1 saturated carbocycles. The van der Waals surface area contributed by atoms with E-state index in [0.717, 1.165) is 12.8 Å². The summed E-state index contributed by atoms with van der Waals surface area (Å²) in [5, 5.41) is 11.1. The highest BCUT2D eigenvalue weighted by molar-refractivity contribution is 5.87. The number of rotatable bonds is 6. The first-order valence-electron chi connectivity index (χ1n) is 8.08. The van der Waals surface area contributed by atoms with E-state index in [-0.39, 0.29) is 6.61 Å². The lowest BCUT2D eigenvalue weighted by Crippen LogP contribution is -2.50. The first-order valence-corrected chi connectivity index (χ1v) is 8.08. The van der Waals surface area contributed by atoms with E-state index in [1.165, 1.54) is 7.11 Å². The predicted octanol–water partition coefficient (Wildman–Crippen LogP) is -0.222. The first-order chi connectivity index (χ1) is 12.0. The number of carboxylic acids is 1. The molecule has 0 aliphatic heterocycles. The number of carbonyl (C=O) groups is 3. The molecular formula is C17H21N2O6-. The second-order valence-corrected chi connectivity index (χ2v) is 5.79. The van der Waals surface area contributed by atoms with Crippen LogP contribution in [0.2, 0.25) is 0 Å². The molecule has 0 spiro atoms. The van der Waals surface area contributed by atoms with Gasteiger partial charge in [0.05, 0.1) is 7.11 Å². The Morgan fingerprint density at radius 3 is 2.36 bits per heavy atom. The van der Waals surface area contributed by atoms with Gasteiger partial charge in [0.25, 0.3) is 5.91 Å². The van der Waals surface area contributed by atoms with Gasteiger partial charge >= 0.3 is 0 Å². The number of para-hydroxylation sites is 2. The zero-order valence-electron chi connectivity index (χ0n) is 13.9. The molecule has 1 aromatic carbocycles. The van der Waals surface area contributed by atoms with E-state index in [9.17, 15) is 19.5 Å². The van der Waals surface area contributed by atoms with Crippen molar-refractivity contribution in [2.45, 2.75) is 25.7 Å². The van der Waals surface area contributed by atoms with Crippen LogP contribution in [-0.2, 0) is 14.4 Å². The lowest BCUT2D eigenvalue weighted by Gasteiger charge is -2.31. The maximum Gasteiger partial charge on any atom is 0.276 e. The summed E-state index contributed by atoms with van der Waals surface area (Å²) in [6, 6.07) is 6.85. The zero-order chi connectivity index (χ0) is 18.2. The molecule has 0 heterocycles. The topological polar surface area (TPSA) is 117 Å². The number of methoxy groups -OCH3 is 1. The van der Waals surface area contributed by atoms with Crippen molar-refractivity contribution in [3.63, 3.8) is 0 Å². The second-order valence-electron chi connectivity index (χ2n) is 5.79. The molecule has 2 N–H and O–H groups in total. The molecular weight excluding hydrogens is 328 g/mol. The smallest absolute Gasteiger partial charge is 0.276 e. The van der Waals surface area contributed by atoms with Gasteiger partial charge in [-0.05, 0) is 25.0 Å². The monoisotopic (exact) mass is 349 g/mol. The molecule has 0 saturated heterocycles. The van der Waals surface area contributed by atoms with Crippen molar-refractivity contribution >= 4 is 17.8 Å². The SMILES string of the molecule is COc1ccccc1OCC(=O)NNC(=O)[C@H]1CCCC[C@H]1C(=O)[O-].